The Kier molecular flexibility index (Phi) is 2.69. The SMILES string of the molecule is CC(=O)CC[C@H]1[C@@H](c2cocc2C)C1(C)C. The first-order chi connectivity index (χ1) is 7.44. The third-order valence-corrected chi connectivity index (χ3v) is 4.09. The minimum Gasteiger partial charge on any atom is -0.472 e. The molecule has 2 rings (SSSR count). The lowest BCUT2D eigenvalue weighted by molar-refractivity contribution is -0.117. The summed E-state index contributed by atoms with van der Waals surface area (Å²) in [6, 6.07) is 0. The molecule has 1 aliphatic rings. The van der Waals surface area contributed by atoms with Crippen molar-refractivity contribution >= 4 is 5.78 Å². The van der Waals surface area contributed by atoms with Crippen molar-refractivity contribution in [3.63, 3.8) is 0 Å². The molecule has 88 valence electrons. The largest absolute Gasteiger partial charge is 0.472 e. The predicted octanol–water partition coefficient (Wildman–Crippen LogP) is 3.70. The van der Waals surface area contributed by atoms with Gasteiger partial charge in [0.25, 0.3) is 0 Å². The summed E-state index contributed by atoms with van der Waals surface area (Å²) in [5.41, 5.74) is 2.89. The zero-order valence-electron chi connectivity index (χ0n) is 10.5. The molecule has 0 saturated heterocycles. The Morgan fingerprint density at radius 1 is 1.44 bits per heavy atom. The van der Waals surface area contributed by atoms with Crippen LogP contribution in [0.1, 0.15) is 50.7 Å². The van der Waals surface area contributed by atoms with Crippen molar-refractivity contribution in [1.29, 1.82) is 0 Å². The van der Waals surface area contributed by atoms with E-state index in [0.717, 1.165) is 6.42 Å². The molecule has 16 heavy (non-hydrogen) atoms. The molecular weight excluding hydrogens is 200 g/mol. The van der Waals surface area contributed by atoms with Crippen molar-refractivity contribution in [2.24, 2.45) is 11.3 Å². The minimum absolute atomic E-state index is 0.297. The van der Waals surface area contributed by atoms with Crippen LogP contribution in [0.4, 0.5) is 0 Å². The van der Waals surface area contributed by atoms with Gasteiger partial charge in [-0.15, -0.1) is 0 Å². The first-order valence-electron chi connectivity index (χ1n) is 5.96. The second-order valence-electron chi connectivity index (χ2n) is 5.66. The summed E-state index contributed by atoms with van der Waals surface area (Å²) in [7, 11) is 0. The van der Waals surface area contributed by atoms with Gasteiger partial charge in [0.05, 0.1) is 12.5 Å². The zero-order chi connectivity index (χ0) is 11.9. The molecule has 0 N–H and O–H groups in total. The first kappa shape index (κ1) is 11.4. The Balaban J connectivity index is 2.08. The third kappa shape index (κ3) is 1.81. The maximum absolute atomic E-state index is 11.0. The van der Waals surface area contributed by atoms with E-state index in [-0.39, 0.29) is 0 Å². The van der Waals surface area contributed by atoms with Gasteiger partial charge in [0, 0.05) is 6.42 Å². The average Bonchev–Trinajstić information content (AvgIpc) is 2.53. The standard InChI is InChI=1S/C14H20O2/c1-9-7-16-8-11(9)13-12(14(13,3)4)6-5-10(2)15/h7-8,12-13H,5-6H2,1-4H3/t12-,13+/m0/s1. The summed E-state index contributed by atoms with van der Waals surface area (Å²) in [5, 5.41) is 0. The summed E-state index contributed by atoms with van der Waals surface area (Å²) in [6.45, 7) is 8.34. The quantitative estimate of drug-likeness (QED) is 0.774. The van der Waals surface area contributed by atoms with E-state index in [2.05, 4.69) is 20.8 Å². The molecule has 0 radical (unpaired) electrons. The van der Waals surface area contributed by atoms with E-state index in [1.165, 1.54) is 11.1 Å². The van der Waals surface area contributed by atoms with E-state index in [4.69, 9.17) is 4.42 Å². The second-order valence-corrected chi connectivity index (χ2v) is 5.66. The molecule has 0 bridgehead atoms. The molecule has 1 fully saturated rings. The average molecular weight is 220 g/mol. The summed E-state index contributed by atoms with van der Waals surface area (Å²) >= 11 is 0. The highest BCUT2D eigenvalue weighted by molar-refractivity contribution is 5.75. The van der Waals surface area contributed by atoms with Gasteiger partial charge in [-0.2, -0.15) is 0 Å². The van der Waals surface area contributed by atoms with Crippen LogP contribution in [0.3, 0.4) is 0 Å². The van der Waals surface area contributed by atoms with Gasteiger partial charge in [0.1, 0.15) is 5.78 Å². The second kappa shape index (κ2) is 3.76. The predicted molar refractivity (Wildman–Crippen MR) is 63.4 cm³/mol. The minimum atomic E-state index is 0.297. The number of hydrogen-bond acceptors (Lipinski definition) is 2. The van der Waals surface area contributed by atoms with Crippen LogP contribution in [0.5, 0.6) is 0 Å². The Morgan fingerprint density at radius 3 is 2.62 bits per heavy atom. The monoisotopic (exact) mass is 220 g/mol. The van der Waals surface area contributed by atoms with E-state index in [1.807, 2.05) is 12.5 Å². The molecule has 0 aromatic carbocycles. The molecule has 0 unspecified atom stereocenters. The zero-order valence-corrected chi connectivity index (χ0v) is 10.5. The van der Waals surface area contributed by atoms with Crippen molar-refractivity contribution in [1.82, 2.24) is 0 Å². The highest BCUT2D eigenvalue weighted by Crippen LogP contribution is 2.66. The number of rotatable bonds is 4. The van der Waals surface area contributed by atoms with Crippen molar-refractivity contribution in [3.05, 3.63) is 23.7 Å². The molecule has 2 heteroatoms. The summed E-state index contributed by atoms with van der Waals surface area (Å²) in [4.78, 5) is 11.0. The van der Waals surface area contributed by atoms with Gasteiger partial charge in [-0.3, -0.25) is 0 Å². The number of aryl methyl sites for hydroxylation is 1. The maximum Gasteiger partial charge on any atom is 0.129 e. The number of hydrogen-bond donors (Lipinski definition) is 0. The van der Waals surface area contributed by atoms with Crippen LogP contribution in [0.2, 0.25) is 0 Å². The van der Waals surface area contributed by atoms with Crippen molar-refractivity contribution in [2.75, 3.05) is 0 Å². The number of carbonyl (C=O) groups is 1. The fourth-order valence-corrected chi connectivity index (χ4v) is 2.95. The number of ketones is 1. The lowest BCUT2D eigenvalue weighted by Crippen LogP contribution is -1.94. The summed E-state index contributed by atoms with van der Waals surface area (Å²) in [6.07, 6.45) is 5.40. The van der Waals surface area contributed by atoms with Crippen molar-refractivity contribution in [2.45, 2.75) is 46.5 Å². The van der Waals surface area contributed by atoms with Crippen LogP contribution in [0.25, 0.3) is 0 Å². The Hall–Kier alpha value is -1.05. The molecule has 1 aromatic rings. The van der Waals surface area contributed by atoms with Gasteiger partial charge in [0.15, 0.2) is 0 Å². The van der Waals surface area contributed by atoms with E-state index >= 15 is 0 Å². The van der Waals surface area contributed by atoms with E-state index in [9.17, 15) is 4.79 Å². The van der Waals surface area contributed by atoms with Gasteiger partial charge in [-0.1, -0.05) is 13.8 Å². The fraction of sp³-hybridized carbons (Fsp3) is 0.643. The summed E-state index contributed by atoms with van der Waals surface area (Å²) < 4.78 is 5.25. The smallest absolute Gasteiger partial charge is 0.129 e. The fourth-order valence-electron chi connectivity index (χ4n) is 2.95. The number of Topliss-reactive ketones (excluding diaryl/α,β-unsaturated/α-hetero) is 1. The first-order valence-corrected chi connectivity index (χ1v) is 5.96. The molecule has 1 aliphatic carbocycles. The third-order valence-electron chi connectivity index (χ3n) is 4.09. The van der Waals surface area contributed by atoms with Gasteiger partial charge >= 0.3 is 0 Å². The molecule has 1 heterocycles. The van der Waals surface area contributed by atoms with Crippen LogP contribution in [0.15, 0.2) is 16.9 Å². The van der Waals surface area contributed by atoms with Crippen LogP contribution >= 0.6 is 0 Å². The highest BCUT2D eigenvalue weighted by Gasteiger charge is 2.58. The lowest BCUT2D eigenvalue weighted by atomic mass is 10.0. The molecule has 1 aromatic heterocycles. The van der Waals surface area contributed by atoms with E-state index in [0.29, 0.717) is 29.5 Å². The van der Waals surface area contributed by atoms with Crippen LogP contribution in [0, 0.1) is 18.3 Å². The van der Waals surface area contributed by atoms with Gasteiger partial charge in [-0.25, -0.2) is 0 Å². The van der Waals surface area contributed by atoms with E-state index < -0.39 is 0 Å². The molecule has 0 spiro atoms. The Morgan fingerprint density at radius 2 is 2.12 bits per heavy atom. The van der Waals surface area contributed by atoms with E-state index in [1.54, 1.807) is 6.92 Å². The Labute approximate surface area is 97.0 Å². The maximum atomic E-state index is 11.0. The molecule has 0 aliphatic heterocycles. The van der Waals surface area contributed by atoms with Crippen molar-refractivity contribution < 1.29 is 9.21 Å². The molecule has 2 atom stereocenters. The van der Waals surface area contributed by atoms with Crippen LogP contribution in [-0.2, 0) is 4.79 Å². The van der Waals surface area contributed by atoms with Crippen LogP contribution in [-0.4, -0.2) is 5.78 Å². The summed E-state index contributed by atoms with van der Waals surface area (Å²) in [5.74, 6) is 1.50. The normalized spacial score (nSPS) is 26.8. The lowest BCUT2D eigenvalue weighted by Gasteiger charge is -2.00. The topological polar surface area (TPSA) is 30.2 Å². The Bertz CT molecular complexity index is 401. The van der Waals surface area contributed by atoms with Gasteiger partial charge in [0.2, 0.25) is 0 Å². The number of furan rings is 1. The molecule has 0 amide bonds. The number of carbonyl (C=O) groups excluding carboxylic acids is 1. The van der Waals surface area contributed by atoms with Crippen LogP contribution < -0.4 is 0 Å². The van der Waals surface area contributed by atoms with Crippen molar-refractivity contribution in [3.8, 4) is 0 Å². The van der Waals surface area contributed by atoms with Gasteiger partial charge in [-0.05, 0) is 48.6 Å². The molecule has 1 saturated carbocycles. The highest BCUT2D eigenvalue weighted by atomic mass is 16.3. The molecular formula is C14H20O2. The van der Waals surface area contributed by atoms with Gasteiger partial charge < -0.3 is 9.21 Å². The molecule has 2 nitrogen and oxygen atoms in total.